The summed E-state index contributed by atoms with van der Waals surface area (Å²) in [6, 6.07) is 11.4. The van der Waals surface area contributed by atoms with E-state index in [1.807, 2.05) is 30.3 Å². The molecule has 1 saturated carbocycles. The summed E-state index contributed by atoms with van der Waals surface area (Å²) in [4.78, 5) is 0. The van der Waals surface area contributed by atoms with Gasteiger partial charge in [0.2, 0.25) is 10.0 Å². The van der Waals surface area contributed by atoms with Crippen LogP contribution in [0.2, 0.25) is 5.02 Å². The van der Waals surface area contributed by atoms with Crippen LogP contribution < -0.4 is 4.72 Å². The number of nitrogens with one attached hydrogen (secondary N) is 1. The minimum Gasteiger partial charge on any atom is -0.207 e. The van der Waals surface area contributed by atoms with E-state index < -0.39 is 10.0 Å². The predicted molar refractivity (Wildman–Crippen MR) is 84.9 cm³/mol. The van der Waals surface area contributed by atoms with Crippen molar-refractivity contribution in [3.8, 4) is 0 Å². The molecule has 106 valence electrons. The van der Waals surface area contributed by atoms with Gasteiger partial charge in [-0.3, -0.25) is 0 Å². The van der Waals surface area contributed by atoms with Crippen LogP contribution in [0.4, 0.5) is 0 Å². The molecule has 3 rings (SSSR count). The minimum atomic E-state index is -3.49. The number of thiophene rings is 1. The third-order valence-electron chi connectivity index (χ3n) is 3.21. The van der Waals surface area contributed by atoms with Crippen molar-refractivity contribution in [2.24, 2.45) is 0 Å². The van der Waals surface area contributed by atoms with E-state index in [4.69, 9.17) is 11.6 Å². The number of hydrogen-bond acceptors (Lipinski definition) is 3. The number of sulfonamides is 1. The molecule has 2 aromatic rings. The second-order valence-corrected chi connectivity index (χ2v) is 9.39. The van der Waals surface area contributed by atoms with Crippen LogP contribution in [0.3, 0.4) is 0 Å². The summed E-state index contributed by atoms with van der Waals surface area (Å²) >= 11 is 10.2. The molecule has 2 atom stereocenters. The number of rotatable bonds is 4. The Labute approximate surface area is 135 Å². The first-order chi connectivity index (χ1) is 9.47. The largest absolute Gasteiger partial charge is 0.250 e. The Balaban J connectivity index is 1.73. The van der Waals surface area contributed by atoms with E-state index in [2.05, 4.69) is 20.7 Å². The quantitative estimate of drug-likeness (QED) is 0.855. The molecule has 1 aliphatic carbocycles. The number of benzene rings is 1. The molecular weight excluding hydrogens is 382 g/mol. The van der Waals surface area contributed by atoms with E-state index in [0.717, 1.165) is 17.8 Å². The Bertz CT molecular complexity index is 711. The summed E-state index contributed by atoms with van der Waals surface area (Å²) in [5.74, 6) is 0.268. The van der Waals surface area contributed by atoms with E-state index in [1.165, 1.54) is 11.6 Å². The Hall–Kier alpha value is -0.400. The van der Waals surface area contributed by atoms with Gasteiger partial charge in [-0.15, -0.1) is 11.3 Å². The fourth-order valence-corrected chi connectivity index (χ4v) is 5.81. The van der Waals surface area contributed by atoms with Crippen LogP contribution in [0.1, 0.15) is 17.9 Å². The lowest BCUT2D eigenvalue weighted by molar-refractivity contribution is 0.582. The van der Waals surface area contributed by atoms with Crippen LogP contribution in [-0.2, 0) is 10.0 Å². The molecule has 0 amide bonds. The molecule has 1 aromatic heterocycles. The van der Waals surface area contributed by atoms with Gasteiger partial charge in [-0.2, -0.15) is 0 Å². The normalized spacial score (nSPS) is 21.9. The van der Waals surface area contributed by atoms with Crippen LogP contribution in [0, 0.1) is 0 Å². The predicted octanol–water partition coefficient (Wildman–Crippen LogP) is 4.00. The van der Waals surface area contributed by atoms with Crippen LogP contribution >= 0.6 is 38.9 Å². The van der Waals surface area contributed by atoms with Gasteiger partial charge in [-0.1, -0.05) is 41.9 Å². The number of halogens is 2. The minimum absolute atomic E-state index is 0.0259. The molecule has 1 fully saturated rings. The molecule has 0 spiro atoms. The van der Waals surface area contributed by atoms with Gasteiger partial charge in [0.25, 0.3) is 0 Å². The summed E-state index contributed by atoms with van der Waals surface area (Å²) in [6.07, 6.45) is 0.837. The Morgan fingerprint density at radius 2 is 2.00 bits per heavy atom. The fraction of sp³-hybridized carbons (Fsp3) is 0.231. The zero-order valence-corrected chi connectivity index (χ0v) is 14.2. The van der Waals surface area contributed by atoms with Gasteiger partial charge in [0.05, 0.1) is 8.81 Å². The summed E-state index contributed by atoms with van der Waals surface area (Å²) in [7, 11) is -3.49. The van der Waals surface area contributed by atoms with Gasteiger partial charge in [0.1, 0.15) is 4.21 Å². The summed E-state index contributed by atoms with van der Waals surface area (Å²) in [5.41, 5.74) is 1.17. The molecule has 0 bridgehead atoms. The maximum atomic E-state index is 12.2. The second kappa shape index (κ2) is 5.42. The van der Waals surface area contributed by atoms with Crippen molar-refractivity contribution in [2.45, 2.75) is 22.6 Å². The molecule has 0 aliphatic heterocycles. The van der Waals surface area contributed by atoms with Crippen LogP contribution in [0.15, 0.2) is 44.4 Å². The highest BCUT2D eigenvalue weighted by Gasteiger charge is 2.41. The molecule has 1 aliphatic rings. The first-order valence-corrected chi connectivity index (χ1v) is 9.46. The highest BCUT2D eigenvalue weighted by Crippen LogP contribution is 2.42. The maximum absolute atomic E-state index is 12.2. The first-order valence-electron chi connectivity index (χ1n) is 5.99. The van der Waals surface area contributed by atoms with E-state index in [1.54, 1.807) is 0 Å². The van der Waals surface area contributed by atoms with Crippen molar-refractivity contribution in [3.05, 3.63) is 50.8 Å². The van der Waals surface area contributed by atoms with E-state index in [-0.39, 0.29) is 16.2 Å². The van der Waals surface area contributed by atoms with Gasteiger partial charge >= 0.3 is 0 Å². The Kier molecular flexibility index (Phi) is 3.94. The van der Waals surface area contributed by atoms with E-state index >= 15 is 0 Å². The molecule has 20 heavy (non-hydrogen) atoms. The highest BCUT2D eigenvalue weighted by atomic mass is 79.9. The van der Waals surface area contributed by atoms with Crippen molar-refractivity contribution >= 4 is 48.9 Å². The third-order valence-corrected chi connectivity index (χ3v) is 7.65. The van der Waals surface area contributed by atoms with Gasteiger partial charge in [-0.25, -0.2) is 13.1 Å². The molecule has 0 saturated heterocycles. The van der Waals surface area contributed by atoms with E-state index in [9.17, 15) is 8.42 Å². The zero-order chi connectivity index (χ0) is 14.3. The molecule has 1 N–H and O–H groups in total. The van der Waals surface area contributed by atoms with Gasteiger partial charge in [0.15, 0.2) is 0 Å². The van der Waals surface area contributed by atoms with E-state index in [0.29, 0.717) is 8.81 Å². The van der Waals surface area contributed by atoms with Crippen molar-refractivity contribution in [1.29, 1.82) is 0 Å². The molecule has 1 heterocycles. The lowest BCUT2D eigenvalue weighted by Crippen LogP contribution is -2.26. The molecular formula is C13H11BrClNO2S2. The average molecular weight is 393 g/mol. The molecule has 1 aromatic carbocycles. The lowest BCUT2D eigenvalue weighted by Gasteiger charge is -2.04. The number of hydrogen-bond donors (Lipinski definition) is 1. The molecule has 2 unspecified atom stereocenters. The highest BCUT2D eigenvalue weighted by molar-refractivity contribution is 9.11. The zero-order valence-electron chi connectivity index (χ0n) is 10.2. The Morgan fingerprint density at radius 1 is 1.30 bits per heavy atom. The van der Waals surface area contributed by atoms with Crippen LogP contribution in [-0.4, -0.2) is 14.5 Å². The SMILES string of the molecule is O=S(=O)(NC1CC1c1ccccc1)c1cc(Cl)c(Br)s1. The fourth-order valence-electron chi connectivity index (χ4n) is 2.11. The summed E-state index contributed by atoms with van der Waals surface area (Å²) in [5, 5.41) is 0.422. The first kappa shape index (κ1) is 14.5. The molecule has 7 heteroatoms. The monoisotopic (exact) mass is 391 g/mol. The smallest absolute Gasteiger partial charge is 0.207 e. The standard InChI is InChI=1S/C13H11BrClNO2S2/c14-13-10(15)7-12(19-13)20(17,18)16-11-6-9(11)8-4-2-1-3-5-8/h1-5,7,9,11,16H,6H2. The van der Waals surface area contributed by atoms with Crippen molar-refractivity contribution < 1.29 is 8.42 Å². The topological polar surface area (TPSA) is 46.2 Å². The summed E-state index contributed by atoms with van der Waals surface area (Å²) in [6.45, 7) is 0. The van der Waals surface area contributed by atoms with Crippen molar-refractivity contribution in [1.82, 2.24) is 4.72 Å². The Morgan fingerprint density at radius 3 is 2.60 bits per heavy atom. The lowest BCUT2D eigenvalue weighted by atomic mass is 10.1. The van der Waals surface area contributed by atoms with Gasteiger partial charge < -0.3 is 0 Å². The van der Waals surface area contributed by atoms with Gasteiger partial charge in [-0.05, 0) is 34.0 Å². The molecule has 3 nitrogen and oxygen atoms in total. The summed E-state index contributed by atoms with van der Waals surface area (Å²) < 4.78 is 28.1. The third kappa shape index (κ3) is 2.94. The van der Waals surface area contributed by atoms with Crippen LogP contribution in [0.25, 0.3) is 0 Å². The second-order valence-electron chi connectivity index (χ2n) is 4.67. The van der Waals surface area contributed by atoms with Crippen LogP contribution in [0.5, 0.6) is 0 Å². The van der Waals surface area contributed by atoms with Gasteiger partial charge in [0, 0.05) is 12.0 Å². The van der Waals surface area contributed by atoms with Crippen molar-refractivity contribution in [2.75, 3.05) is 0 Å². The van der Waals surface area contributed by atoms with Crippen molar-refractivity contribution in [3.63, 3.8) is 0 Å². The molecule has 0 radical (unpaired) electrons. The average Bonchev–Trinajstić information content (AvgIpc) is 3.08. The maximum Gasteiger partial charge on any atom is 0.250 e.